The monoisotopic (exact) mass is 390 g/mol. The van der Waals surface area contributed by atoms with Crippen LogP contribution < -0.4 is 10.1 Å². The van der Waals surface area contributed by atoms with Crippen LogP contribution in [0.1, 0.15) is 41.7 Å². The fourth-order valence-corrected chi connectivity index (χ4v) is 3.18. The minimum absolute atomic E-state index is 0.0578. The van der Waals surface area contributed by atoms with E-state index >= 15 is 0 Å². The Labute approximate surface area is 161 Å². The van der Waals surface area contributed by atoms with E-state index in [1.165, 1.54) is 12.4 Å². The first-order valence-electron chi connectivity index (χ1n) is 8.20. The van der Waals surface area contributed by atoms with Gasteiger partial charge in [0.05, 0.1) is 29.1 Å². The number of ether oxygens (including phenoxy) is 1. The molecule has 0 atom stereocenters. The van der Waals surface area contributed by atoms with Crippen LogP contribution in [-0.4, -0.2) is 28.0 Å². The molecule has 0 radical (unpaired) electrons. The summed E-state index contributed by atoms with van der Waals surface area (Å²) in [7, 11) is 0. The number of carbonyl (C=O) groups is 1. The van der Waals surface area contributed by atoms with Crippen LogP contribution in [0.25, 0.3) is 0 Å². The summed E-state index contributed by atoms with van der Waals surface area (Å²) in [5.74, 6) is 0.398. The van der Waals surface area contributed by atoms with Crippen molar-refractivity contribution in [2.45, 2.75) is 37.8 Å². The van der Waals surface area contributed by atoms with Gasteiger partial charge in [0.2, 0.25) is 0 Å². The average molecular weight is 391 g/mol. The standard InChI is InChI=1S/C18H16Cl2N4O2/c19-15-7-14(4-1-11(15)8-21)26-13-5-2-12(3-6-13)24-18(25)16-9-23-17(20)10-22-16/h1,4,7,9-10,12-13H,2-3,5-6H2,(H,24,25)/t12-,13-. The van der Waals surface area contributed by atoms with Crippen molar-refractivity contribution < 1.29 is 9.53 Å². The van der Waals surface area contributed by atoms with Crippen molar-refractivity contribution in [1.82, 2.24) is 15.3 Å². The van der Waals surface area contributed by atoms with Gasteiger partial charge < -0.3 is 10.1 Å². The van der Waals surface area contributed by atoms with E-state index in [4.69, 9.17) is 33.2 Å². The zero-order valence-corrected chi connectivity index (χ0v) is 15.3. The lowest BCUT2D eigenvalue weighted by atomic mass is 9.93. The topological polar surface area (TPSA) is 87.9 Å². The van der Waals surface area contributed by atoms with Gasteiger partial charge in [-0.25, -0.2) is 9.97 Å². The van der Waals surface area contributed by atoms with Crippen molar-refractivity contribution in [1.29, 1.82) is 5.26 Å². The van der Waals surface area contributed by atoms with Gasteiger partial charge in [-0.1, -0.05) is 23.2 Å². The molecule has 134 valence electrons. The summed E-state index contributed by atoms with van der Waals surface area (Å²) in [6, 6.07) is 7.15. The Hall–Kier alpha value is -2.36. The molecule has 0 saturated heterocycles. The first-order chi connectivity index (χ1) is 12.5. The Morgan fingerprint density at radius 2 is 1.96 bits per heavy atom. The van der Waals surface area contributed by atoms with Gasteiger partial charge in [0.1, 0.15) is 22.7 Å². The van der Waals surface area contributed by atoms with E-state index in [0.717, 1.165) is 25.7 Å². The third-order valence-corrected chi connectivity index (χ3v) is 4.73. The number of hydrogen-bond donors (Lipinski definition) is 1. The second-order valence-electron chi connectivity index (χ2n) is 6.04. The molecule has 3 rings (SSSR count). The smallest absolute Gasteiger partial charge is 0.271 e. The molecule has 0 aliphatic heterocycles. The molecule has 8 heteroatoms. The SMILES string of the molecule is N#Cc1ccc(O[C@H]2CC[C@H](NC(=O)c3cnc(Cl)cn3)CC2)cc1Cl. The van der Waals surface area contributed by atoms with E-state index in [1.54, 1.807) is 18.2 Å². The van der Waals surface area contributed by atoms with Gasteiger partial charge in [-0.3, -0.25) is 4.79 Å². The highest BCUT2D eigenvalue weighted by Crippen LogP contribution is 2.27. The van der Waals surface area contributed by atoms with Gasteiger partial charge in [0.25, 0.3) is 5.91 Å². The number of amides is 1. The lowest BCUT2D eigenvalue weighted by Crippen LogP contribution is -2.40. The van der Waals surface area contributed by atoms with E-state index in [9.17, 15) is 4.79 Å². The fraction of sp³-hybridized carbons (Fsp3) is 0.333. The number of aromatic nitrogens is 2. The van der Waals surface area contributed by atoms with Crippen molar-refractivity contribution in [2.75, 3.05) is 0 Å². The van der Waals surface area contributed by atoms with Crippen LogP contribution >= 0.6 is 23.2 Å². The van der Waals surface area contributed by atoms with Crippen LogP contribution in [0.5, 0.6) is 5.75 Å². The van der Waals surface area contributed by atoms with Gasteiger partial charge in [0, 0.05) is 12.1 Å². The highest BCUT2D eigenvalue weighted by molar-refractivity contribution is 6.31. The Morgan fingerprint density at radius 3 is 2.58 bits per heavy atom. The summed E-state index contributed by atoms with van der Waals surface area (Å²) in [5, 5.41) is 12.5. The lowest BCUT2D eigenvalue weighted by molar-refractivity contribution is 0.0888. The molecule has 2 aromatic rings. The number of halogens is 2. The molecular weight excluding hydrogens is 375 g/mol. The molecule has 1 aliphatic rings. The van der Waals surface area contributed by atoms with Gasteiger partial charge in [-0.15, -0.1) is 0 Å². The van der Waals surface area contributed by atoms with E-state index in [0.29, 0.717) is 16.3 Å². The normalized spacial score (nSPS) is 19.4. The second-order valence-corrected chi connectivity index (χ2v) is 6.84. The Morgan fingerprint density at radius 1 is 1.19 bits per heavy atom. The quantitative estimate of drug-likeness (QED) is 0.857. The molecular formula is C18H16Cl2N4O2. The van der Waals surface area contributed by atoms with E-state index < -0.39 is 0 Å². The van der Waals surface area contributed by atoms with Crippen molar-refractivity contribution >= 4 is 29.1 Å². The maximum absolute atomic E-state index is 12.2. The molecule has 26 heavy (non-hydrogen) atoms. The molecule has 0 unspecified atom stereocenters. The van der Waals surface area contributed by atoms with Crippen LogP contribution in [0.4, 0.5) is 0 Å². The Bertz CT molecular complexity index is 828. The summed E-state index contributed by atoms with van der Waals surface area (Å²) in [6.07, 6.45) is 6.01. The van der Waals surface area contributed by atoms with Crippen molar-refractivity contribution in [3.63, 3.8) is 0 Å². The molecule has 1 heterocycles. The molecule has 1 aliphatic carbocycles. The highest BCUT2D eigenvalue weighted by Gasteiger charge is 2.24. The predicted octanol–water partition coefficient (Wildman–Crippen LogP) is 3.78. The minimum Gasteiger partial charge on any atom is -0.490 e. The van der Waals surface area contributed by atoms with Crippen molar-refractivity contribution in [2.24, 2.45) is 0 Å². The zero-order valence-electron chi connectivity index (χ0n) is 13.8. The van der Waals surface area contributed by atoms with Gasteiger partial charge in [0.15, 0.2) is 0 Å². The summed E-state index contributed by atoms with van der Waals surface area (Å²) in [6.45, 7) is 0. The molecule has 1 amide bonds. The summed E-state index contributed by atoms with van der Waals surface area (Å²) in [4.78, 5) is 20.0. The molecule has 0 bridgehead atoms. The van der Waals surface area contributed by atoms with E-state index in [-0.39, 0.29) is 28.9 Å². The van der Waals surface area contributed by atoms with Crippen LogP contribution in [0.2, 0.25) is 10.2 Å². The fourth-order valence-electron chi connectivity index (χ4n) is 2.87. The van der Waals surface area contributed by atoms with E-state index in [1.807, 2.05) is 6.07 Å². The first-order valence-corrected chi connectivity index (χ1v) is 8.95. The molecule has 6 nitrogen and oxygen atoms in total. The number of rotatable bonds is 4. The lowest BCUT2D eigenvalue weighted by Gasteiger charge is -2.29. The summed E-state index contributed by atoms with van der Waals surface area (Å²) >= 11 is 11.7. The summed E-state index contributed by atoms with van der Waals surface area (Å²) < 4.78 is 5.94. The van der Waals surface area contributed by atoms with Crippen molar-refractivity contribution in [3.8, 4) is 11.8 Å². The van der Waals surface area contributed by atoms with Crippen molar-refractivity contribution in [3.05, 3.63) is 52.0 Å². The third kappa shape index (κ3) is 4.63. The number of carbonyl (C=O) groups excluding carboxylic acids is 1. The van der Waals surface area contributed by atoms with Crippen LogP contribution in [0, 0.1) is 11.3 Å². The largest absolute Gasteiger partial charge is 0.490 e. The summed E-state index contributed by atoms with van der Waals surface area (Å²) in [5.41, 5.74) is 0.677. The predicted molar refractivity (Wildman–Crippen MR) is 97.3 cm³/mol. The number of nitriles is 1. The Kier molecular flexibility index (Phi) is 5.92. The molecule has 0 spiro atoms. The first kappa shape index (κ1) is 18.4. The zero-order chi connectivity index (χ0) is 18.5. The number of hydrogen-bond acceptors (Lipinski definition) is 5. The van der Waals surface area contributed by atoms with E-state index in [2.05, 4.69) is 15.3 Å². The molecule has 1 N–H and O–H groups in total. The van der Waals surface area contributed by atoms with Gasteiger partial charge in [-0.2, -0.15) is 5.26 Å². The third-order valence-electron chi connectivity index (χ3n) is 4.23. The van der Waals surface area contributed by atoms with Crippen LogP contribution in [0.3, 0.4) is 0 Å². The number of nitrogens with zero attached hydrogens (tertiary/aromatic N) is 3. The maximum Gasteiger partial charge on any atom is 0.271 e. The molecule has 1 fully saturated rings. The van der Waals surface area contributed by atoms with Gasteiger partial charge in [-0.05, 0) is 37.8 Å². The highest BCUT2D eigenvalue weighted by atomic mass is 35.5. The molecule has 1 aromatic heterocycles. The Balaban J connectivity index is 1.49. The van der Waals surface area contributed by atoms with Crippen LogP contribution in [-0.2, 0) is 0 Å². The second kappa shape index (κ2) is 8.35. The van der Waals surface area contributed by atoms with Crippen LogP contribution in [0.15, 0.2) is 30.6 Å². The minimum atomic E-state index is -0.252. The molecule has 1 aromatic carbocycles. The molecule has 1 saturated carbocycles. The number of nitrogens with one attached hydrogen (secondary N) is 1. The maximum atomic E-state index is 12.2. The van der Waals surface area contributed by atoms with Gasteiger partial charge >= 0.3 is 0 Å². The number of benzene rings is 1. The average Bonchev–Trinajstić information content (AvgIpc) is 2.64.